The Morgan fingerprint density at radius 2 is 1.76 bits per heavy atom. The quantitative estimate of drug-likeness (QED) is 0.423. The third-order valence-electron chi connectivity index (χ3n) is 5.16. The monoisotopic (exact) mass is 460 g/mol. The van der Waals surface area contributed by atoms with Gasteiger partial charge in [0, 0.05) is 26.6 Å². The minimum Gasteiger partial charge on any atom is -0.340 e. The van der Waals surface area contributed by atoms with Crippen LogP contribution in [0.15, 0.2) is 34.9 Å². The van der Waals surface area contributed by atoms with E-state index in [-0.39, 0.29) is 17.7 Å². The van der Waals surface area contributed by atoms with Crippen molar-refractivity contribution in [3.63, 3.8) is 0 Å². The van der Waals surface area contributed by atoms with Crippen LogP contribution in [0.1, 0.15) is 59.0 Å². The summed E-state index contributed by atoms with van der Waals surface area (Å²) in [6.45, 7) is 3.65. The van der Waals surface area contributed by atoms with Gasteiger partial charge in [-0.3, -0.25) is 24.0 Å². The molecule has 1 aromatic carbocycles. The minimum absolute atomic E-state index is 0.0708. The first-order valence-corrected chi connectivity index (χ1v) is 10.6. The highest BCUT2D eigenvalue weighted by atomic mass is 79.9. The van der Waals surface area contributed by atoms with Crippen molar-refractivity contribution in [3.8, 4) is 0 Å². The zero-order chi connectivity index (χ0) is 21.0. The molecular formula is C21H25BrN4O3. The Hall–Kier alpha value is -2.48. The number of hydrogen-bond donors (Lipinski definition) is 0. The highest BCUT2D eigenvalue weighted by molar-refractivity contribution is 9.10. The highest BCUT2D eigenvalue weighted by Gasteiger charge is 2.34. The van der Waals surface area contributed by atoms with E-state index in [0.717, 1.165) is 29.6 Å². The van der Waals surface area contributed by atoms with Gasteiger partial charge in [-0.1, -0.05) is 18.6 Å². The number of aromatic nitrogens is 2. The number of aryl methyl sites for hydroxylation is 1. The van der Waals surface area contributed by atoms with Gasteiger partial charge in [-0.2, -0.15) is 5.10 Å². The van der Waals surface area contributed by atoms with E-state index < -0.39 is 0 Å². The van der Waals surface area contributed by atoms with Gasteiger partial charge in [0.05, 0.1) is 34.0 Å². The van der Waals surface area contributed by atoms with E-state index in [2.05, 4.69) is 21.0 Å². The molecule has 0 saturated heterocycles. The second-order valence-electron chi connectivity index (χ2n) is 7.12. The molecule has 0 radical (unpaired) electrons. The lowest BCUT2D eigenvalue weighted by molar-refractivity contribution is -0.130. The molecule has 1 aromatic heterocycles. The van der Waals surface area contributed by atoms with Crippen molar-refractivity contribution < 1.29 is 14.4 Å². The first-order valence-electron chi connectivity index (χ1n) is 9.83. The van der Waals surface area contributed by atoms with Gasteiger partial charge in [0.2, 0.25) is 5.91 Å². The van der Waals surface area contributed by atoms with E-state index in [1.165, 1.54) is 4.90 Å². The number of amides is 3. The van der Waals surface area contributed by atoms with Crippen LogP contribution in [0.5, 0.6) is 0 Å². The van der Waals surface area contributed by atoms with E-state index in [0.29, 0.717) is 37.1 Å². The van der Waals surface area contributed by atoms with Crippen molar-refractivity contribution in [2.75, 3.05) is 13.6 Å². The highest BCUT2D eigenvalue weighted by Crippen LogP contribution is 2.23. The number of hydrogen-bond acceptors (Lipinski definition) is 4. The Morgan fingerprint density at radius 3 is 2.38 bits per heavy atom. The Balaban J connectivity index is 1.41. The van der Waals surface area contributed by atoms with Crippen LogP contribution in [-0.4, -0.2) is 50.9 Å². The number of nitrogens with zero attached hydrogens (tertiary/aromatic N) is 4. The molecule has 2 aromatic rings. The number of unbranched alkanes of at least 4 members (excludes halogenated alkanes) is 2. The van der Waals surface area contributed by atoms with E-state index in [1.54, 1.807) is 42.4 Å². The fourth-order valence-corrected chi connectivity index (χ4v) is 3.91. The summed E-state index contributed by atoms with van der Waals surface area (Å²) in [6, 6.07) is 6.91. The summed E-state index contributed by atoms with van der Waals surface area (Å²) in [4.78, 5) is 40.1. The third kappa shape index (κ3) is 4.58. The topological polar surface area (TPSA) is 75.5 Å². The molecule has 29 heavy (non-hydrogen) atoms. The summed E-state index contributed by atoms with van der Waals surface area (Å²) < 4.78 is 2.77. The van der Waals surface area contributed by atoms with Crippen molar-refractivity contribution in [2.45, 2.75) is 45.7 Å². The van der Waals surface area contributed by atoms with Crippen LogP contribution < -0.4 is 0 Å². The Bertz CT molecular complexity index is 889. The van der Waals surface area contributed by atoms with Crippen molar-refractivity contribution in [1.29, 1.82) is 0 Å². The molecule has 0 bridgehead atoms. The van der Waals surface area contributed by atoms with Crippen LogP contribution in [-0.2, 0) is 17.9 Å². The first kappa shape index (κ1) is 21.2. The predicted octanol–water partition coefficient (Wildman–Crippen LogP) is 3.48. The number of carbonyl (C=O) groups is 3. The van der Waals surface area contributed by atoms with Gasteiger partial charge < -0.3 is 4.90 Å². The molecular weight excluding hydrogens is 436 g/mol. The summed E-state index contributed by atoms with van der Waals surface area (Å²) in [6.07, 6.45) is 4.38. The molecule has 0 spiro atoms. The smallest absolute Gasteiger partial charge is 0.261 e. The standard InChI is InChI=1S/C21H25BrN4O3/c1-3-26-18(17(22)13-23-26)14-24(2)19(27)11-5-4-8-12-25-20(28)15-9-6-7-10-16(15)21(25)29/h6-7,9-10,13H,3-5,8,11-12,14H2,1-2H3. The number of fused-ring (bicyclic) bond motifs is 1. The largest absolute Gasteiger partial charge is 0.340 e. The molecule has 0 atom stereocenters. The Labute approximate surface area is 178 Å². The van der Waals surface area contributed by atoms with Crippen molar-refractivity contribution in [2.24, 2.45) is 0 Å². The Morgan fingerprint density at radius 1 is 1.10 bits per heavy atom. The van der Waals surface area contributed by atoms with Crippen LogP contribution in [0.2, 0.25) is 0 Å². The number of carbonyl (C=O) groups excluding carboxylic acids is 3. The van der Waals surface area contributed by atoms with Gasteiger partial charge in [-0.25, -0.2) is 0 Å². The van der Waals surface area contributed by atoms with E-state index >= 15 is 0 Å². The van der Waals surface area contributed by atoms with Crippen molar-refractivity contribution in [1.82, 2.24) is 19.6 Å². The second kappa shape index (κ2) is 9.35. The molecule has 0 unspecified atom stereocenters. The van der Waals surface area contributed by atoms with Crippen LogP contribution in [0, 0.1) is 0 Å². The zero-order valence-electron chi connectivity index (χ0n) is 16.7. The van der Waals surface area contributed by atoms with Crippen molar-refractivity contribution in [3.05, 3.63) is 51.8 Å². The summed E-state index contributed by atoms with van der Waals surface area (Å²) in [5, 5.41) is 4.27. The lowest BCUT2D eigenvalue weighted by atomic mass is 10.1. The molecule has 0 N–H and O–H groups in total. The molecule has 2 heterocycles. The third-order valence-corrected chi connectivity index (χ3v) is 5.82. The lowest BCUT2D eigenvalue weighted by Gasteiger charge is -2.18. The predicted molar refractivity (Wildman–Crippen MR) is 112 cm³/mol. The Kier molecular flexibility index (Phi) is 6.84. The molecule has 0 fully saturated rings. The zero-order valence-corrected chi connectivity index (χ0v) is 18.3. The average molecular weight is 461 g/mol. The van der Waals surface area contributed by atoms with Crippen LogP contribution in [0.3, 0.4) is 0 Å². The van der Waals surface area contributed by atoms with E-state index in [9.17, 15) is 14.4 Å². The fourth-order valence-electron chi connectivity index (χ4n) is 3.49. The summed E-state index contributed by atoms with van der Waals surface area (Å²) in [7, 11) is 1.79. The second-order valence-corrected chi connectivity index (χ2v) is 7.98. The molecule has 3 amide bonds. The fraction of sp³-hybridized carbons (Fsp3) is 0.429. The van der Waals surface area contributed by atoms with Crippen LogP contribution >= 0.6 is 15.9 Å². The summed E-state index contributed by atoms with van der Waals surface area (Å²) in [5.41, 5.74) is 1.94. The number of halogens is 1. The molecule has 1 aliphatic heterocycles. The van der Waals surface area contributed by atoms with Gasteiger partial charge in [-0.05, 0) is 47.8 Å². The van der Waals surface area contributed by atoms with Crippen LogP contribution in [0.25, 0.3) is 0 Å². The first-order chi connectivity index (χ1) is 13.9. The lowest BCUT2D eigenvalue weighted by Crippen LogP contribution is -2.30. The normalized spacial score (nSPS) is 13.1. The number of benzene rings is 1. The summed E-state index contributed by atoms with van der Waals surface area (Å²) >= 11 is 3.48. The van der Waals surface area contributed by atoms with E-state index in [1.807, 2.05) is 11.6 Å². The van der Waals surface area contributed by atoms with Gasteiger partial charge >= 0.3 is 0 Å². The molecule has 0 saturated carbocycles. The molecule has 7 nitrogen and oxygen atoms in total. The molecule has 1 aliphatic rings. The average Bonchev–Trinajstić information content (AvgIpc) is 3.19. The van der Waals surface area contributed by atoms with Gasteiger partial charge in [0.1, 0.15) is 0 Å². The van der Waals surface area contributed by atoms with Gasteiger partial charge in [0.25, 0.3) is 11.8 Å². The van der Waals surface area contributed by atoms with Gasteiger partial charge in [0.15, 0.2) is 0 Å². The van der Waals surface area contributed by atoms with Crippen molar-refractivity contribution >= 4 is 33.7 Å². The van der Waals surface area contributed by atoms with Gasteiger partial charge in [-0.15, -0.1) is 0 Å². The molecule has 0 aliphatic carbocycles. The van der Waals surface area contributed by atoms with E-state index in [4.69, 9.17) is 0 Å². The van der Waals surface area contributed by atoms with Crippen LogP contribution in [0.4, 0.5) is 0 Å². The molecule has 3 rings (SSSR count). The molecule has 154 valence electrons. The summed E-state index contributed by atoms with van der Waals surface area (Å²) in [5.74, 6) is -0.375. The maximum absolute atomic E-state index is 12.4. The number of imide groups is 1. The molecule has 8 heteroatoms. The minimum atomic E-state index is -0.223. The maximum Gasteiger partial charge on any atom is 0.261 e. The SMILES string of the molecule is CCn1ncc(Br)c1CN(C)C(=O)CCCCCN1C(=O)c2ccccc2C1=O. The maximum atomic E-state index is 12.4. The number of rotatable bonds is 9.